The summed E-state index contributed by atoms with van der Waals surface area (Å²) in [6, 6.07) is 6.15. The molecule has 0 unspecified atom stereocenters. The van der Waals surface area contributed by atoms with Gasteiger partial charge in [0.25, 0.3) is 0 Å². The Morgan fingerprint density at radius 2 is 1.22 bits per heavy atom. The Labute approximate surface area is 94.1 Å². The fraction of sp³-hybridized carbons (Fsp3) is 0. The van der Waals surface area contributed by atoms with Gasteiger partial charge in [0, 0.05) is 49.4 Å². The number of para-hydroxylation sites is 2. The summed E-state index contributed by atoms with van der Waals surface area (Å²) in [5, 5.41) is 17.3. The molecule has 0 spiro atoms. The number of rotatable bonds is 0. The van der Waals surface area contributed by atoms with E-state index in [-0.39, 0.29) is 60.9 Å². The van der Waals surface area contributed by atoms with E-state index in [1.54, 1.807) is 12.1 Å². The van der Waals surface area contributed by atoms with Gasteiger partial charge in [-0.1, -0.05) is 12.1 Å². The smallest absolute Gasteiger partial charge is 0.157 e. The van der Waals surface area contributed by atoms with Crippen molar-refractivity contribution in [3.8, 4) is 11.5 Å². The van der Waals surface area contributed by atoms with Crippen LogP contribution in [0.25, 0.3) is 0 Å². The maximum absolute atomic E-state index is 8.67. The van der Waals surface area contributed by atoms with E-state index in [9.17, 15) is 0 Å². The van der Waals surface area contributed by atoms with Crippen LogP contribution in [0, 0.1) is 49.4 Å². The Kier molecular flexibility index (Phi) is 4.45. The molecular formula is C6H6EuO2. The van der Waals surface area contributed by atoms with E-state index in [2.05, 4.69) is 0 Å². The molecule has 0 aliphatic rings. The summed E-state index contributed by atoms with van der Waals surface area (Å²) in [6.07, 6.45) is 0. The molecule has 0 aliphatic heterocycles. The summed E-state index contributed by atoms with van der Waals surface area (Å²) in [6.45, 7) is 0. The monoisotopic (exact) mass is 263 g/mol. The summed E-state index contributed by atoms with van der Waals surface area (Å²) < 4.78 is 0. The van der Waals surface area contributed by atoms with Gasteiger partial charge in [-0.05, 0) is 12.1 Å². The van der Waals surface area contributed by atoms with Gasteiger partial charge in [0.2, 0.25) is 0 Å². The van der Waals surface area contributed by atoms with Crippen LogP contribution in [-0.4, -0.2) is 10.2 Å². The zero-order valence-corrected chi connectivity index (χ0v) is 7.01. The largest absolute Gasteiger partial charge is 0.504 e. The topological polar surface area (TPSA) is 40.5 Å². The standard InChI is InChI=1S/C6H6O2.Eu/c7-5-3-1-2-4-6(5)8;/h1-4,7-8H;. The molecule has 3 heteroatoms. The molecule has 49 valence electrons. The molecule has 9 heavy (non-hydrogen) atoms. The van der Waals surface area contributed by atoms with E-state index in [0.29, 0.717) is 0 Å². The fourth-order valence-electron chi connectivity index (χ4n) is 0.464. The normalized spacial score (nSPS) is 8.00. The number of benzene rings is 1. The molecule has 0 amide bonds. The van der Waals surface area contributed by atoms with E-state index in [1.807, 2.05) is 0 Å². The van der Waals surface area contributed by atoms with Crippen molar-refractivity contribution in [1.82, 2.24) is 0 Å². The molecule has 1 rings (SSSR count). The molecule has 0 heterocycles. The third kappa shape index (κ3) is 2.65. The van der Waals surface area contributed by atoms with Gasteiger partial charge in [-0.2, -0.15) is 0 Å². The number of hydrogen-bond donors (Lipinski definition) is 2. The molecule has 0 aliphatic carbocycles. The average Bonchev–Trinajstić information content (AvgIpc) is 1.77. The van der Waals surface area contributed by atoms with Crippen LogP contribution in [0.1, 0.15) is 0 Å². The first kappa shape index (κ1) is 9.40. The Morgan fingerprint density at radius 1 is 0.889 bits per heavy atom. The molecule has 0 saturated heterocycles. The summed E-state index contributed by atoms with van der Waals surface area (Å²) in [7, 11) is 0. The molecule has 2 nitrogen and oxygen atoms in total. The second kappa shape index (κ2) is 4.26. The Morgan fingerprint density at radius 3 is 1.44 bits per heavy atom. The van der Waals surface area contributed by atoms with Crippen molar-refractivity contribution < 1.29 is 59.6 Å². The van der Waals surface area contributed by atoms with Gasteiger partial charge in [-0.25, -0.2) is 0 Å². The van der Waals surface area contributed by atoms with Crippen LogP contribution in [-0.2, 0) is 0 Å². The van der Waals surface area contributed by atoms with Gasteiger partial charge in [-0.3, -0.25) is 0 Å². The Balaban J connectivity index is 0.000000640. The van der Waals surface area contributed by atoms with E-state index in [4.69, 9.17) is 10.2 Å². The van der Waals surface area contributed by atoms with Crippen LogP contribution in [0.3, 0.4) is 0 Å². The molecule has 0 bridgehead atoms. The first-order chi connectivity index (χ1) is 3.80. The van der Waals surface area contributed by atoms with Gasteiger partial charge in [0.1, 0.15) is 0 Å². The number of phenolic OH excluding ortho intramolecular Hbond substituents is 2. The van der Waals surface area contributed by atoms with Crippen LogP contribution >= 0.6 is 0 Å². The predicted molar refractivity (Wildman–Crippen MR) is 29.8 cm³/mol. The minimum atomic E-state index is -0.0764. The summed E-state index contributed by atoms with van der Waals surface area (Å²) >= 11 is 0. The van der Waals surface area contributed by atoms with Gasteiger partial charge < -0.3 is 10.2 Å². The van der Waals surface area contributed by atoms with Crippen molar-refractivity contribution >= 4 is 0 Å². The van der Waals surface area contributed by atoms with E-state index in [1.165, 1.54) is 12.1 Å². The third-order valence-corrected chi connectivity index (χ3v) is 0.882. The van der Waals surface area contributed by atoms with E-state index >= 15 is 0 Å². The van der Waals surface area contributed by atoms with Crippen LogP contribution in [0.5, 0.6) is 11.5 Å². The Bertz CT molecular complexity index is 167. The quantitative estimate of drug-likeness (QED) is 0.687. The second-order valence-electron chi connectivity index (χ2n) is 1.49. The molecule has 2 N–H and O–H groups in total. The van der Waals surface area contributed by atoms with Gasteiger partial charge in [0.15, 0.2) is 11.5 Å². The number of aromatic hydroxyl groups is 2. The van der Waals surface area contributed by atoms with Gasteiger partial charge in [0.05, 0.1) is 0 Å². The summed E-state index contributed by atoms with van der Waals surface area (Å²) in [5.74, 6) is -0.153. The first-order valence-electron chi connectivity index (χ1n) is 2.27. The third-order valence-electron chi connectivity index (χ3n) is 0.882. The molecular weight excluding hydrogens is 256 g/mol. The molecule has 0 fully saturated rings. The van der Waals surface area contributed by atoms with Crippen molar-refractivity contribution in [3.63, 3.8) is 0 Å². The van der Waals surface area contributed by atoms with Crippen molar-refractivity contribution in [3.05, 3.63) is 24.3 Å². The van der Waals surface area contributed by atoms with Gasteiger partial charge in [-0.15, -0.1) is 0 Å². The molecule has 0 atom stereocenters. The van der Waals surface area contributed by atoms with Crippen LogP contribution in [0.2, 0.25) is 0 Å². The van der Waals surface area contributed by atoms with Crippen LogP contribution in [0.15, 0.2) is 24.3 Å². The number of phenols is 2. The molecule has 0 aromatic heterocycles. The van der Waals surface area contributed by atoms with Crippen molar-refractivity contribution in [2.45, 2.75) is 0 Å². The maximum atomic E-state index is 8.67. The number of hydrogen-bond acceptors (Lipinski definition) is 2. The minimum Gasteiger partial charge on any atom is -0.504 e. The Hall–Kier alpha value is 0.404. The van der Waals surface area contributed by atoms with E-state index in [0.717, 1.165) is 0 Å². The van der Waals surface area contributed by atoms with Crippen molar-refractivity contribution in [2.75, 3.05) is 0 Å². The fourth-order valence-corrected chi connectivity index (χ4v) is 0.464. The van der Waals surface area contributed by atoms with Gasteiger partial charge >= 0.3 is 0 Å². The summed E-state index contributed by atoms with van der Waals surface area (Å²) in [4.78, 5) is 0. The zero-order valence-electron chi connectivity index (χ0n) is 4.58. The molecule has 1 aromatic rings. The molecule has 1 radical (unpaired) electrons. The SMILES string of the molecule is Oc1ccccc1O.[Eu]. The average molecular weight is 262 g/mol. The second-order valence-corrected chi connectivity index (χ2v) is 1.49. The predicted octanol–water partition coefficient (Wildman–Crippen LogP) is 1.10. The molecule has 1 aromatic carbocycles. The van der Waals surface area contributed by atoms with E-state index < -0.39 is 0 Å². The van der Waals surface area contributed by atoms with Crippen LogP contribution < -0.4 is 0 Å². The van der Waals surface area contributed by atoms with Crippen molar-refractivity contribution in [2.24, 2.45) is 0 Å². The molecule has 0 saturated carbocycles. The van der Waals surface area contributed by atoms with Crippen LogP contribution in [0.4, 0.5) is 0 Å². The minimum absolute atomic E-state index is 0. The first-order valence-corrected chi connectivity index (χ1v) is 2.27. The maximum Gasteiger partial charge on any atom is 0.157 e. The zero-order chi connectivity index (χ0) is 5.98. The van der Waals surface area contributed by atoms with Crippen molar-refractivity contribution in [1.29, 1.82) is 0 Å². The summed E-state index contributed by atoms with van der Waals surface area (Å²) in [5.41, 5.74) is 0.